The Morgan fingerprint density at radius 1 is 1.35 bits per heavy atom. The first-order valence-electron chi connectivity index (χ1n) is 5.30. The van der Waals surface area contributed by atoms with E-state index in [4.69, 9.17) is 4.74 Å². The van der Waals surface area contributed by atoms with Crippen LogP contribution in [0.3, 0.4) is 0 Å². The lowest BCUT2D eigenvalue weighted by Crippen LogP contribution is -2.22. The van der Waals surface area contributed by atoms with Crippen LogP contribution in [0.1, 0.15) is 20.8 Å². The SMILES string of the molecule is CCOc1cc(Br)cc(NS(=O)(=O)C(C)C)c1. The third kappa shape index (κ3) is 4.20. The lowest BCUT2D eigenvalue weighted by Gasteiger charge is -2.12. The Labute approximate surface area is 111 Å². The van der Waals surface area contributed by atoms with Crippen LogP contribution in [0.25, 0.3) is 0 Å². The van der Waals surface area contributed by atoms with Crippen LogP contribution in [0, 0.1) is 0 Å². The summed E-state index contributed by atoms with van der Waals surface area (Å²) in [5.41, 5.74) is 0.497. The van der Waals surface area contributed by atoms with Gasteiger partial charge in [0.05, 0.1) is 17.5 Å². The van der Waals surface area contributed by atoms with Crippen molar-refractivity contribution in [3.8, 4) is 5.75 Å². The fraction of sp³-hybridized carbons (Fsp3) is 0.455. The van der Waals surface area contributed by atoms with Crippen LogP contribution in [-0.4, -0.2) is 20.3 Å². The number of nitrogens with one attached hydrogen (secondary N) is 1. The molecule has 6 heteroatoms. The van der Waals surface area contributed by atoms with Gasteiger partial charge in [-0.2, -0.15) is 0 Å². The normalized spacial score (nSPS) is 11.6. The van der Waals surface area contributed by atoms with E-state index < -0.39 is 15.3 Å². The Morgan fingerprint density at radius 3 is 2.53 bits per heavy atom. The summed E-state index contributed by atoms with van der Waals surface area (Å²) < 4.78 is 32.1. The number of halogens is 1. The van der Waals surface area contributed by atoms with Crippen LogP contribution < -0.4 is 9.46 Å². The van der Waals surface area contributed by atoms with Crippen molar-refractivity contribution in [1.29, 1.82) is 0 Å². The Balaban J connectivity index is 2.99. The second-order valence-electron chi connectivity index (χ2n) is 3.80. The first kappa shape index (κ1) is 14.3. The minimum absolute atomic E-state index is 0.475. The van der Waals surface area contributed by atoms with Crippen molar-refractivity contribution in [2.75, 3.05) is 11.3 Å². The van der Waals surface area contributed by atoms with Gasteiger partial charge < -0.3 is 4.74 Å². The van der Waals surface area contributed by atoms with Gasteiger partial charge in [0.15, 0.2) is 0 Å². The molecule has 0 saturated heterocycles. The highest BCUT2D eigenvalue weighted by atomic mass is 79.9. The van der Waals surface area contributed by atoms with Gasteiger partial charge in [-0.3, -0.25) is 4.72 Å². The van der Waals surface area contributed by atoms with E-state index in [1.54, 1.807) is 32.0 Å². The molecule has 0 spiro atoms. The lowest BCUT2D eigenvalue weighted by molar-refractivity contribution is 0.340. The summed E-state index contributed by atoms with van der Waals surface area (Å²) in [4.78, 5) is 0. The molecule has 0 aliphatic carbocycles. The monoisotopic (exact) mass is 321 g/mol. The quantitative estimate of drug-likeness (QED) is 0.907. The molecular formula is C11H16BrNO3S. The molecule has 17 heavy (non-hydrogen) atoms. The largest absolute Gasteiger partial charge is 0.494 e. The van der Waals surface area contributed by atoms with Crippen molar-refractivity contribution < 1.29 is 13.2 Å². The topological polar surface area (TPSA) is 55.4 Å². The molecular weight excluding hydrogens is 306 g/mol. The Bertz CT molecular complexity index is 485. The predicted octanol–water partition coefficient (Wildman–Crippen LogP) is 3.00. The molecule has 0 aliphatic heterocycles. The Hall–Kier alpha value is -0.750. The maximum atomic E-state index is 11.7. The number of hydrogen-bond acceptors (Lipinski definition) is 3. The maximum absolute atomic E-state index is 11.7. The average Bonchev–Trinajstić information content (AvgIpc) is 2.15. The lowest BCUT2D eigenvalue weighted by atomic mass is 10.3. The van der Waals surface area contributed by atoms with E-state index in [0.29, 0.717) is 18.0 Å². The van der Waals surface area contributed by atoms with Gasteiger partial charge in [-0.05, 0) is 32.9 Å². The average molecular weight is 322 g/mol. The van der Waals surface area contributed by atoms with Crippen LogP contribution in [0.2, 0.25) is 0 Å². The highest BCUT2D eigenvalue weighted by Gasteiger charge is 2.16. The third-order valence-corrected chi connectivity index (χ3v) is 4.28. The summed E-state index contributed by atoms with van der Waals surface area (Å²) >= 11 is 3.31. The van der Waals surface area contributed by atoms with Crippen molar-refractivity contribution in [3.05, 3.63) is 22.7 Å². The molecule has 1 aromatic carbocycles. The number of sulfonamides is 1. The molecule has 0 heterocycles. The Kier molecular flexibility index (Phi) is 4.82. The second kappa shape index (κ2) is 5.73. The van der Waals surface area contributed by atoms with Crippen LogP contribution in [0.5, 0.6) is 5.75 Å². The van der Waals surface area contributed by atoms with Gasteiger partial charge in [0.2, 0.25) is 10.0 Å². The van der Waals surface area contributed by atoms with E-state index in [9.17, 15) is 8.42 Å². The van der Waals surface area contributed by atoms with E-state index >= 15 is 0 Å². The van der Waals surface area contributed by atoms with Gasteiger partial charge in [0, 0.05) is 10.5 Å². The Morgan fingerprint density at radius 2 is 2.00 bits per heavy atom. The number of ether oxygens (including phenoxy) is 1. The van der Waals surface area contributed by atoms with Gasteiger partial charge >= 0.3 is 0 Å². The zero-order valence-corrected chi connectivity index (χ0v) is 12.4. The first-order valence-corrected chi connectivity index (χ1v) is 7.64. The van der Waals surface area contributed by atoms with Crippen molar-refractivity contribution >= 4 is 31.6 Å². The third-order valence-electron chi connectivity index (χ3n) is 2.06. The van der Waals surface area contributed by atoms with Crippen LogP contribution in [0.15, 0.2) is 22.7 Å². The molecule has 1 rings (SSSR count). The zero-order valence-electron chi connectivity index (χ0n) is 10.0. The summed E-state index contributed by atoms with van der Waals surface area (Å²) in [6.45, 7) is 5.67. The number of anilines is 1. The summed E-state index contributed by atoms with van der Waals surface area (Å²) in [6, 6.07) is 5.15. The van der Waals surface area contributed by atoms with Crippen molar-refractivity contribution in [3.63, 3.8) is 0 Å². The van der Waals surface area contributed by atoms with Gasteiger partial charge in [0.1, 0.15) is 5.75 Å². The van der Waals surface area contributed by atoms with E-state index in [-0.39, 0.29) is 0 Å². The fourth-order valence-electron chi connectivity index (χ4n) is 1.15. The summed E-state index contributed by atoms with van der Waals surface area (Å²) in [7, 11) is -3.33. The summed E-state index contributed by atoms with van der Waals surface area (Å²) in [5, 5.41) is -0.475. The van der Waals surface area contributed by atoms with E-state index in [1.165, 1.54) is 0 Å². The minimum atomic E-state index is -3.33. The summed E-state index contributed by atoms with van der Waals surface area (Å²) in [6.07, 6.45) is 0. The van der Waals surface area contributed by atoms with E-state index in [2.05, 4.69) is 20.7 Å². The van der Waals surface area contributed by atoms with Crippen LogP contribution in [-0.2, 0) is 10.0 Å². The first-order chi connectivity index (χ1) is 7.85. The minimum Gasteiger partial charge on any atom is -0.494 e. The molecule has 0 aliphatic rings. The highest BCUT2D eigenvalue weighted by Crippen LogP contribution is 2.25. The van der Waals surface area contributed by atoms with Crippen LogP contribution in [0.4, 0.5) is 5.69 Å². The van der Waals surface area contributed by atoms with Gasteiger partial charge in [0.25, 0.3) is 0 Å². The van der Waals surface area contributed by atoms with Crippen molar-refractivity contribution in [2.24, 2.45) is 0 Å². The van der Waals surface area contributed by atoms with Gasteiger partial charge in [-0.25, -0.2) is 8.42 Å². The number of benzene rings is 1. The number of hydrogen-bond donors (Lipinski definition) is 1. The van der Waals surface area contributed by atoms with Crippen molar-refractivity contribution in [1.82, 2.24) is 0 Å². The maximum Gasteiger partial charge on any atom is 0.235 e. The molecule has 0 unspecified atom stereocenters. The molecule has 0 amide bonds. The summed E-state index contributed by atoms with van der Waals surface area (Å²) in [5.74, 6) is 0.628. The highest BCUT2D eigenvalue weighted by molar-refractivity contribution is 9.10. The van der Waals surface area contributed by atoms with E-state index in [1.807, 2.05) is 6.92 Å². The molecule has 1 aromatic rings. The number of rotatable bonds is 5. The van der Waals surface area contributed by atoms with Crippen molar-refractivity contribution in [2.45, 2.75) is 26.0 Å². The predicted molar refractivity (Wildman–Crippen MR) is 73.0 cm³/mol. The molecule has 0 fully saturated rings. The van der Waals surface area contributed by atoms with Gasteiger partial charge in [-0.15, -0.1) is 0 Å². The van der Waals surface area contributed by atoms with Gasteiger partial charge in [-0.1, -0.05) is 15.9 Å². The molecule has 4 nitrogen and oxygen atoms in total. The zero-order chi connectivity index (χ0) is 13.1. The molecule has 0 bridgehead atoms. The molecule has 0 aromatic heterocycles. The molecule has 0 radical (unpaired) electrons. The van der Waals surface area contributed by atoms with Crippen LogP contribution >= 0.6 is 15.9 Å². The molecule has 96 valence electrons. The molecule has 1 N–H and O–H groups in total. The fourth-order valence-corrected chi connectivity index (χ4v) is 2.31. The smallest absolute Gasteiger partial charge is 0.235 e. The van der Waals surface area contributed by atoms with E-state index in [0.717, 1.165) is 4.47 Å². The molecule has 0 saturated carbocycles. The standard InChI is InChI=1S/C11H16BrNO3S/c1-4-16-11-6-9(12)5-10(7-11)13-17(14,15)8(2)3/h5-8,13H,4H2,1-3H3. The molecule has 0 atom stereocenters. The second-order valence-corrected chi connectivity index (χ2v) is 6.96.